The SMILES string of the molecule is Cl.O=C(CCNC(=O)c1ccc(Br)cc1)NC1CC2CCC(C1)N2. The molecule has 0 aliphatic carbocycles. The summed E-state index contributed by atoms with van der Waals surface area (Å²) in [6.45, 7) is 0.360. The van der Waals surface area contributed by atoms with E-state index in [4.69, 9.17) is 0 Å². The maximum atomic E-state index is 12.0. The van der Waals surface area contributed by atoms with E-state index in [2.05, 4.69) is 31.9 Å². The molecule has 2 bridgehead atoms. The van der Waals surface area contributed by atoms with E-state index in [-0.39, 0.29) is 30.3 Å². The van der Waals surface area contributed by atoms with Crippen LogP contribution in [0.2, 0.25) is 0 Å². The Morgan fingerprint density at radius 2 is 1.75 bits per heavy atom. The molecular weight excluding hydrogens is 394 g/mol. The maximum Gasteiger partial charge on any atom is 0.251 e. The van der Waals surface area contributed by atoms with Gasteiger partial charge in [-0.15, -0.1) is 12.4 Å². The molecule has 0 spiro atoms. The molecular formula is C17H23BrClN3O2. The molecule has 2 amide bonds. The van der Waals surface area contributed by atoms with Gasteiger partial charge in [0.05, 0.1) is 0 Å². The van der Waals surface area contributed by atoms with E-state index in [0.29, 0.717) is 30.6 Å². The van der Waals surface area contributed by atoms with Gasteiger partial charge in [0.25, 0.3) is 5.91 Å². The minimum atomic E-state index is -0.148. The van der Waals surface area contributed by atoms with Crippen LogP contribution in [0.4, 0.5) is 0 Å². The molecule has 7 heteroatoms. The number of rotatable bonds is 5. The van der Waals surface area contributed by atoms with Crippen LogP contribution in [0, 0.1) is 0 Å². The normalized spacial score (nSPS) is 24.8. The van der Waals surface area contributed by atoms with Crippen molar-refractivity contribution in [1.29, 1.82) is 0 Å². The minimum Gasteiger partial charge on any atom is -0.353 e. The van der Waals surface area contributed by atoms with Crippen molar-refractivity contribution in [2.24, 2.45) is 0 Å². The van der Waals surface area contributed by atoms with Crippen LogP contribution < -0.4 is 16.0 Å². The van der Waals surface area contributed by atoms with Crippen LogP contribution in [0.1, 0.15) is 42.5 Å². The number of nitrogens with one attached hydrogen (secondary N) is 3. The van der Waals surface area contributed by atoms with Crippen LogP contribution in [0.3, 0.4) is 0 Å². The molecule has 0 aromatic heterocycles. The highest BCUT2D eigenvalue weighted by atomic mass is 79.9. The highest BCUT2D eigenvalue weighted by Crippen LogP contribution is 2.26. The molecule has 2 fully saturated rings. The summed E-state index contributed by atoms with van der Waals surface area (Å²) in [4.78, 5) is 24.0. The third-order valence-corrected chi connectivity index (χ3v) is 5.11. The molecule has 3 rings (SSSR count). The largest absolute Gasteiger partial charge is 0.353 e. The van der Waals surface area contributed by atoms with Gasteiger partial charge in [0.15, 0.2) is 0 Å². The summed E-state index contributed by atoms with van der Waals surface area (Å²) in [5.41, 5.74) is 0.600. The first-order valence-electron chi connectivity index (χ1n) is 8.19. The van der Waals surface area contributed by atoms with Crippen molar-refractivity contribution in [3.63, 3.8) is 0 Å². The fourth-order valence-corrected chi connectivity index (χ4v) is 3.73. The molecule has 2 atom stereocenters. The average molecular weight is 417 g/mol. The third kappa shape index (κ3) is 5.19. The van der Waals surface area contributed by atoms with Crippen molar-refractivity contribution in [2.75, 3.05) is 6.54 Å². The lowest BCUT2D eigenvalue weighted by Crippen LogP contribution is -2.48. The zero-order valence-electron chi connectivity index (χ0n) is 13.4. The standard InChI is InChI=1S/C17H22BrN3O2.ClH/c18-12-3-1-11(2-4-12)17(23)19-8-7-16(22)21-15-9-13-5-6-14(10-15)20-13;/h1-4,13-15,20H,5-10H2,(H,19,23)(H,21,22);1H. The molecule has 2 aliphatic heterocycles. The van der Waals surface area contributed by atoms with E-state index in [1.807, 2.05) is 12.1 Å². The quantitative estimate of drug-likeness (QED) is 0.690. The van der Waals surface area contributed by atoms with Gasteiger partial charge in [0, 0.05) is 41.1 Å². The van der Waals surface area contributed by atoms with E-state index >= 15 is 0 Å². The predicted molar refractivity (Wildman–Crippen MR) is 99.5 cm³/mol. The van der Waals surface area contributed by atoms with Gasteiger partial charge in [-0.05, 0) is 49.9 Å². The fourth-order valence-electron chi connectivity index (χ4n) is 3.47. The number of benzene rings is 1. The Balaban J connectivity index is 0.00000208. The first-order valence-corrected chi connectivity index (χ1v) is 8.98. The Morgan fingerprint density at radius 1 is 1.12 bits per heavy atom. The Hall–Kier alpha value is -1.11. The first-order chi connectivity index (χ1) is 11.1. The smallest absolute Gasteiger partial charge is 0.251 e. The van der Waals surface area contributed by atoms with Crippen LogP contribution >= 0.6 is 28.3 Å². The second-order valence-corrected chi connectivity index (χ2v) is 7.30. The van der Waals surface area contributed by atoms with Crippen molar-refractivity contribution in [2.45, 2.75) is 50.2 Å². The molecule has 0 saturated carbocycles. The lowest BCUT2D eigenvalue weighted by atomic mass is 10.00. The van der Waals surface area contributed by atoms with E-state index < -0.39 is 0 Å². The van der Waals surface area contributed by atoms with Gasteiger partial charge in [-0.1, -0.05) is 15.9 Å². The van der Waals surface area contributed by atoms with Crippen LogP contribution in [-0.4, -0.2) is 36.5 Å². The van der Waals surface area contributed by atoms with E-state index in [1.165, 1.54) is 12.8 Å². The summed E-state index contributed by atoms with van der Waals surface area (Å²) >= 11 is 3.34. The van der Waals surface area contributed by atoms with Gasteiger partial charge in [0.1, 0.15) is 0 Å². The minimum absolute atomic E-state index is 0. The second kappa shape index (κ2) is 8.83. The molecule has 132 valence electrons. The molecule has 2 unspecified atom stereocenters. The number of carbonyl (C=O) groups is 2. The molecule has 2 aliphatic rings. The molecule has 5 nitrogen and oxygen atoms in total. The molecule has 1 aromatic carbocycles. The highest BCUT2D eigenvalue weighted by molar-refractivity contribution is 9.10. The first kappa shape index (κ1) is 19.2. The molecule has 3 N–H and O–H groups in total. The van der Waals surface area contributed by atoms with Gasteiger partial charge < -0.3 is 16.0 Å². The Morgan fingerprint density at radius 3 is 2.38 bits per heavy atom. The fraction of sp³-hybridized carbons (Fsp3) is 0.529. The van der Waals surface area contributed by atoms with E-state index in [9.17, 15) is 9.59 Å². The topological polar surface area (TPSA) is 70.2 Å². The van der Waals surface area contributed by atoms with Crippen LogP contribution in [-0.2, 0) is 4.79 Å². The average Bonchev–Trinajstić information content (AvgIpc) is 2.86. The van der Waals surface area contributed by atoms with E-state index in [0.717, 1.165) is 17.3 Å². The van der Waals surface area contributed by atoms with Gasteiger partial charge in [-0.2, -0.15) is 0 Å². The predicted octanol–water partition coefficient (Wildman–Crippen LogP) is 2.39. The number of halogens is 2. The van der Waals surface area contributed by atoms with Crippen molar-refractivity contribution in [3.8, 4) is 0 Å². The zero-order valence-corrected chi connectivity index (χ0v) is 15.8. The zero-order chi connectivity index (χ0) is 16.2. The second-order valence-electron chi connectivity index (χ2n) is 6.39. The van der Waals surface area contributed by atoms with Crippen molar-refractivity contribution in [1.82, 2.24) is 16.0 Å². The summed E-state index contributed by atoms with van der Waals surface area (Å²) in [6, 6.07) is 8.57. The van der Waals surface area contributed by atoms with Crippen LogP contribution in [0.25, 0.3) is 0 Å². The number of piperidine rings is 1. The van der Waals surface area contributed by atoms with E-state index in [1.54, 1.807) is 12.1 Å². The molecule has 0 radical (unpaired) electrons. The third-order valence-electron chi connectivity index (χ3n) is 4.58. The summed E-state index contributed by atoms with van der Waals surface area (Å²) in [6.07, 6.45) is 4.81. The Kier molecular flexibility index (Phi) is 7.07. The summed E-state index contributed by atoms with van der Waals surface area (Å²) < 4.78 is 0.935. The number of hydrogen-bond donors (Lipinski definition) is 3. The lowest BCUT2D eigenvalue weighted by molar-refractivity contribution is -0.121. The Labute approximate surface area is 156 Å². The van der Waals surface area contributed by atoms with Crippen LogP contribution in [0.5, 0.6) is 0 Å². The maximum absolute atomic E-state index is 12.0. The van der Waals surface area contributed by atoms with Gasteiger partial charge in [-0.25, -0.2) is 0 Å². The summed E-state index contributed by atoms with van der Waals surface area (Å²) in [7, 11) is 0. The Bertz CT molecular complexity index is 570. The molecule has 2 heterocycles. The monoisotopic (exact) mass is 415 g/mol. The van der Waals surface area contributed by atoms with Crippen LogP contribution in [0.15, 0.2) is 28.7 Å². The van der Waals surface area contributed by atoms with Crippen molar-refractivity contribution >= 4 is 40.2 Å². The summed E-state index contributed by atoms with van der Waals surface area (Å²) in [5.74, 6) is -0.127. The number of amides is 2. The van der Waals surface area contributed by atoms with Gasteiger partial charge >= 0.3 is 0 Å². The summed E-state index contributed by atoms with van der Waals surface area (Å²) in [5, 5.41) is 9.46. The highest BCUT2D eigenvalue weighted by Gasteiger charge is 2.33. The molecule has 24 heavy (non-hydrogen) atoms. The molecule has 2 saturated heterocycles. The number of hydrogen-bond acceptors (Lipinski definition) is 3. The van der Waals surface area contributed by atoms with Gasteiger partial charge in [0.2, 0.25) is 5.91 Å². The van der Waals surface area contributed by atoms with Gasteiger partial charge in [-0.3, -0.25) is 9.59 Å². The molecule has 1 aromatic rings. The van der Waals surface area contributed by atoms with Crippen molar-refractivity contribution in [3.05, 3.63) is 34.3 Å². The number of fused-ring (bicyclic) bond motifs is 2. The van der Waals surface area contributed by atoms with Crippen molar-refractivity contribution < 1.29 is 9.59 Å². The number of carbonyl (C=O) groups excluding carboxylic acids is 2. The lowest BCUT2D eigenvalue weighted by Gasteiger charge is -2.29.